The molecule has 6 rings (SSSR count). The third kappa shape index (κ3) is 4.99. The first-order valence-electron chi connectivity index (χ1n) is 10.1. The molecule has 2 aliphatic rings. The van der Waals surface area contributed by atoms with Crippen molar-refractivity contribution in [1.29, 1.82) is 0 Å². The second-order valence-electron chi connectivity index (χ2n) is 7.42. The maximum Gasteiger partial charge on any atom is 0.179 e. The van der Waals surface area contributed by atoms with Crippen LogP contribution in [0.3, 0.4) is 0 Å². The van der Waals surface area contributed by atoms with E-state index in [4.69, 9.17) is 9.47 Å². The SMILES string of the molecule is Fc1c(Br)ccc2c1OCCn1c-2nc(I)c1I.Fc1c(Br)ccc2c1OCCn1cc(I)nc1-2. The van der Waals surface area contributed by atoms with Crippen molar-refractivity contribution < 1.29 is 18.3 Å². The number of nitrogens with zero attached hydrogens (tertiary/aromatic N) is 4. The molecule has 0 bridgehead atoms. The van der Waals surface area contributed by atoms with Crippen LogP contribution in [0.25, 0.3) is 22.8 Å². The zero-order chi connectivity index (χ0) is 24.9. The Morgan fingerprint density at radius 1 is 0.800 bits per heavy atom. The summed E-state index contributed by atoms with van der Waals surface area (Å²) in [7, 11) is 0. The smallest absolute Gasteiger partial charge is 0.179 e. The van der Waals surface area contributed by atoms with Crippen LogP contribution in [-0.4, -0.2) is 32.3 Å². The molecule has 2 aromatic carbocycles. The van der Waals surface area contributed by atoms with E-state index in [-0.39, 0.29) is 23.1 Å². The van der Waals surface area contributed by atoms with Gasteiger partial charge >= 0.3 is 0 Å². The Morgan fingerprint density at radius 2 is 1.37 bits per heavy atom. The maximum atomic E-state index is 14.1. The van der Waals surface area contributed by atoms with Gasteiger partial charge in [0, 0.05) is 6.20 Å². The molecule has 0 N–H and O–H groups in total. The highest BCUT2D eigenvalue weighted by Crippen LogP contribution is 2.39. The fraction of sp³-hybridized carbons (Fsp3) is 0.182. The van der Waals surface area contributed by atoms with Gasteiger partial charge in [0.2, 0.25) is 0 Å². The Labute approximate surface area is 256 Å². The van der Waals surface area contributed by atoms with Crippen LogP contribution in [-0.2, 0) is 13.1 Å². The lowest BCUT2D eigenvalue weighted by Crippen LogP contribution is -2.07. The molecular weight excluding hydrogens is 931 g/mol. The zero-order valence-electron chi connectivity index (χ0n) is 17.5. The Bertz CT molecular complexity index is 1460. The summed E-state index contributed by atoms with van der Waals surface area (Å²) in [6, 6.07) is 7.01. The minimum absolute atomic E-state index is 0.278. The second-order valence-corrected chi connectivity index (χ2v) is 12.3. The Hall–Kier alpha value is -0.530. The van der Waals surface area contributed by atoms with Crippen LogP contribution in [0.5, 0.6) is 11.5 Å². The van der Waals surface area contributed by atoms with E-state index in [9.17, 15) is 8.78 Å². The average molecular weight is 944 g/mol. The standard InChI is InChI=1S/C11H6BrFI2N2O.C11H7BrFIN2O/c12-6-2-1-5-8(7(6)13)18-4-3-17-10(15)9(14)16-11(5)17;12-7-2-1-6-10(9(7)13)17-4-3-16-5-8(14)15-11(6)16/h1-2H,3-4H2;1-2,5H,3-4H2. The van der Waals surface area contributed by atoms with Gasteiger partial charge in [0.1, 0.15) is 36.0 Å². The molecule has 0 saturated heterocycles. The number of hydrogen-bond acceptors (Lipinski definition) is 4. The highest BCUT2D eigenvalue weighted by Gasteiger charge is 2.25. The van der Waals surface area contributed by atoms with Gasteiger partial charge in [-0.2, -0.15) is 0 Å². The lowest BCUT2D eigenvalue weighted by Gasteiger charge is -2.08. The van der Waals surface area contributed by atoms with Crippen LogP contribution in [0.4, 0.5) is 8.78 Å². The first-order valence-corrected chi connectivity index (χ1v) is 14.9. The average Bonchev–Trinajstić information content (AvgIpc) is 3.18. The van der Waals surface area contributed by atoms with E-state index < -0.39 is 0 Å². The molecule has 4 heterocycles. The zero-order valence-corrected chi connectivity index (χ0v) is 27.1. The highest BCUT2D eigenvalue weighted by molar-refractivity contribution is 14.1. The Balaban J connectivity index is 0.000000145. The molecule has 0 fully saturated rings. The molecule has 2 aliphatic heterocycles. The number of benzene rings is 2. The second kappa shape index (κ2) is 10.7. The van der Waals surface area contributed by atoms with Crippen molar-refractivity contribution in [2.24, 2.45) is 0 Å². The molecule has 2 aromatic heterocycles. The molecule has 35 heavy (non-hydrogen) atoms. The predicted octanol–water partition coefficient (Wildman–Crippen LogP) is 7.50. The lowest BCUT2D eigenvalue weighted by molar-refractivity contribution is 0.291. The van der Waals surface area contributed by atoms with E-state index in [1.54, 1.807) is 12.1 Å². The third-order valence-electron chi connectivity index (χ3n) is 5.34. The molecule has 0 atom stereocenters. The first-order chi connectivity index (χ1) is 16.8. The van der Waals surface area contributed by atoms with E-state index in [1.165, 1.54) is 0 Å². The van der Waals surface area contributed by atoms with E-state index >= 15 is 0 Å². The van der Waals surface area contributed by atoms with Gasteiger partial charge in [0.15, 0.2) is 23.1 Å². The van der Waals surface area contributed by atoms with Crippen molar-refractivity contribution in [1.82, 2.24) is 19.1 Å². The summed E-state index contributed by atoms with van der Waals surface area (Å²) >= 11 is 12.9. The summed E-state index contributed by atoms with van der Waals surface area (Å²) in [5.74, 6) is 1.35. The van der Waals surface area contributed by atoms with Gasteiger partial charge in [-0.25, -0.2) is 18.7 Å². The molecule has 6 nitrogen and oxygen atoms in total. The van der Waals surface area contributed by atoms with Crippen molar-refractivity contribution >= 4 is 99.6 Å². The number of ether oxygens (including phenoxy) is 2. The molecule has 0 unspecified atom stereocenters. The van der Waals surface area contributed by atoms with Crippen molar-refractivity contribution in [3.05, 3.63) is 62.1 Å². The van der Waals surface area contributed by atoms with Crippen molar-refractivity contribution in [2.45, 2.75) is 13.1 Å². The van der Waals surface area contributed by atoms with Crippen LogP contribution >= 0.6 is 99.6 Å². The van der Waals surface area contributed by atoms with E-state index in [1.807, 2.05) is 22.9 Å². The molecule has 0 spiro atoms. The van der Waals surface area contributed by atoms with Gasteiger partial charge in [0.25, 0.3) is 0 Å². The minimum Gasteiger partial charge on any atom is -0.488 e. The van der Waals surface area contributed by atoms with Gasteiger partial charge in [-0.1, -0.05) is 0 Å². The number of imidazole rings is 2. The molecule has 0 amide bonds. The summed E-state index contributed by atoms with van der Waals surface area (Å²) < 4.78 is 46.7. The summed E-state index contributed by atoms with van der Waals surface area (Å²) in [6.45, 7) is 2.24. The molecule has 4 aromatic rings. The summed E-state index contributed by atoms with van der Waals surface area (Å²) in [5, 5.41) is 0. The molecule has 0 radical (unpaired) electrons. The van der Waals surface area contributed by atoms with Crippen molar-refractivity contribution in [3.63, 3.8) is 0 Å². The Kier molecular flexibility index (Phi) is 7.96. The van der Waals surface area contributed by atoms with Gasteiger partial charge in [-0.15, -0.1) is 0 Å². The quantitative estimate of drug-likeness (QED) is 0.172. The molecule has 182 valence electrons. The number of fused-ring (bicyclic) bond motifs is 6. The largest absolute Gasteiger partial charge is 0.488 e. The normalized spacial score (nSPS) is 13.6. The summed E-state index contributed by atoms with van der Waals surface area (Å²) in [6.07, 6.45) is 1.94. The van der Waals surface area contributed by atoms with Gasteiger partial charge in [-0.3, -0.25) is 0 Å². The van der Waals surface area contributed by atoms with Gasteiger partial charge in [-0.05, 0) is 124 Å². The summed E-state index contributed by atoms with van der Waals surface area (Å²) in [4.78, 5) is 8.91. The predicted molar refractivity (Wildman–Crippen MR) is 160 cm³/mol. The number of aromatic nitrogens is 4. The van der Waals surface area contributed by atoms with Crippen molar-refractivity contribution in [2.75, 3.05) is 13.2 Å². The number of hydrogen-bond donors (Lipinski definition) is 0. The fourth-order valence-corrected chi connectivity index (χ4v) is 6.07. The van der Waals surface area contributed by atoms with Crippen LogP contribution in [0, 0.1) is 22.7 Å². The van der Waals surface area contributed by atoms with E-state index in [2.05, 4.69) is 114 Å². The van der Waals surface area contributed by atoms with Crippen LogP contribution in [0.15, 0.2) is 39.4 Å². The van der Waals surface area contributed by atoms with Gasteiger partial charge in [0.05, 0.1) is 33.2 Å². The van der Waals surface area contributed by atoms with Crippen molar-refractivity contribution in [3.8, 4) is 34.3 Å². The summed E-state index contributed by atoms with van der Waals surface area (Å²) in [5.41, 5.74) is 1.40. The lowest BCUT2D eigenvalue weighted by atomic mass is 10.2. The fourth-order valence-electron chi connectivity index (χ4n) is 3.77. The maximum absolute atomic E-state index is 14.1. The topological polar surface area (TPSA) is 54.1 Å². The van der Waals surface area contributed by atoms with Crippen LogP contribution in [0.2, 0.25) is 0 Å². The highest BCUT2D eigenvalue weighted by atomic mass is 127. The molecule has 0 aliphatic carbocycles. The molecule has 13 heteroatoms. The van der Waals surface area contributed by atoms with E-state index in [0.29, 0.717) is 46.4 Å². The van der Waals surface area contributed by atoms with Gasteiger partial charge < -0.3 is 18.6 Å². The number of halogens is 7. The van der Waals surface area contributed by atoms with E-state index in [0.717, 1.165) is 22.8 Å². The molecular formula is C22H13Br2F2I3N4O2. The van der Waals surface area contributed by atoms with Crippen LogP contribution < -0.4 is 9.47 Å². The molecule has 0 saturated carbocycles. The van der Waals surface area contributed by atoms with Crippen LogP contribution in [0.1, 0.15) is 0 Å². The minimum atomic E-state index is -0.367. The number of rotatable bonds is 0. The first kappa shape index (κ1) is 26.1. The monoisotopic (exact) mass is 942 g/mol. The third-order valence-corrected chi connectivity index (χ3v) is 9.96. The Morgan fingerprint density at radius 3 is 2.00 bits per heavy atom.